The van der Waals surface area contributed by atoms with Gasteiger partial charge in [0.15, 0.2) is 5.69 Å². The summed E-state index contributed by atoms with van der Waals surface area (Å²) in [7, 11) is 0. The number of carbonyl (C=O) groups excluding carboxylic acids is 1. The number of azo groups is 1. The monoisotopic (exact) mass is 459 g/mol. The van der Waals surface area contributed by atoms with E-state index in [1.165, 1.54) is 13.0 Å². The molecular weight excluding hydrogens is 442 g/mol. The second-order valence-electron chi connectivity index (χ2n) is 6.94. The van der Waals surface area contributed by atoms with Crippen LogP contribution in [0.25, 0.3) is 0 Å². The molecule has 0 aliphatic rings. The van der Waals surface area contributed by atoms with Crippen molar-refractivity contribution in [2.75, 3.05) is 10.6 Å². The minimum atomic E-state index is -0.881. The van der Waals surface area contributed by atoms with Crippen LogP contribution in [0.15, 0.2) is 70.9 Å². The number of nitrogens with one attached hydrogen (secondary N) is 2. The van der Waals surface area contributed by atoms with Crippen LogP contribution < -0.4 is 10.6 Å². The smallest absolute Gasteiger partial charge is 0.304 e. The van der Waals surface area contributed by atoms with Gasteiger partial charge in [-0.3, -0.25) is 25.0 Å². The molecule has 0 saturated heterocycles. The number of anilines is 2. The zero-order chi connectivity index (χ0) is 24.7. The second-order valence-corrected chi connectivity index (χ2v) is 6.94. The van der Waals surface area contributed by atoms with Crippen LogP contribution in [0, 0.1) is 31.6 Å². The summed E-state index contributed by atoms with van der Waals surface area (Å²) < 4.78 is 0. The predicted molar refractivity (Wildman–Crippen MR) is 123 cm³/mol. The molecule has 0 unspecified atom stereocenters. The van der Waals surface area contributed by atoms with Gasteiger partial charge in [-0.05, 0) is 23.8 Å². The summed E-state index contributed by atoms with van der Waals surface area (Å²) in [6.07, 6.45) is 0. The van der Waals surface area contributed by atoms with E-state index in [1.807, 2.05) is 30.3 Å². The number of carbonyl (C=O) groups is 1. The molecule has 34 heavy (non-hydrogen) atoms. The molecule has 0 saturated carbocycles. The van der Waals surface area contributed by atoms with Gasteiger partial charge in [0, 0.05) is 25.2 Å². The fourth-order valence-electron chi connectivity index (χ4n) is 2.97. The zero-order valence-electron chi connectivity index (χ0n) is 17.8. The van der Waals surface area contributed by atoms with Crippen LogP contribution in [-0.4, -0.2) is 15.8 Å². The fraction of sp³-hybridized carbons (Fsp3) is 0.0909. The maximum Gasteiger partial charge on any atom is 0.304 e. The molecule has 1 amide bonds. The third-order valence-corrected chi connectivity index (χ3v) is 4.51. The first-order chi connectivity index (χ1) is 16.3. The highest BCUT2D eigenvalue weighted by Crippen LogP contribution is 2.37. The first-order valence-electron chi connectivity index (χ1n) is 9.76. The van der Waals surface area contributed by atoms with E-state index in [2.05, 4.69) is 20.9 Å². The Bertz CT molecular complexity index is 1330. The number of hydrogen-bond donors (Lipinski definition) is 2. The summed E-state index contributed by atoms with van der Waals surface area (Å²) in [5, 5.41) is 45.4. The topological polar surface area (TPSA) is 176 Å². The minimum Gasteiger partial charge on any atom is -0.381 e. The molecule has 0 bridgehead atoms. The Morgan fingerprint density at radius 1 is 1.03 bits per heavy atom. The molecule has 12 nitrogen and oxygen atoms in total. The molecule has 0 aromatic heterocycles. The van der Waals surface area contributed by atoms with Crippen LogP contribution in [0.5, 0.6) is 0 Å². The molecule has 0 fully saturated rings. The number of nitro benzene ring substituents is 2. The number of amides is 1. The highest BCUT2D eigenvalue weighted by atomic mass is 16.6. The van der Waals surface area contributed by atoms with E-state index in [4.69, 9.17) is 0 Å². The Balaban J connectivity index is 1.97. The Hall–Kier alpha value is -5.18. The Labute approximate surface area is 192 Å². The average Bonchev–Trinajstić information content (AvgIpc) is 2.81. The second kappa shape index (κ2) is 10.4. The lowest BCUT2D eigenvalue weighted by molar-refractivity contribution is -0.393. The van der Waals surface area contributed by atoms with Crippen molar-refractivity contribution < 1.29 is 14.6 Å². The van der Waals surface area contributed by atoms with Gasteiger partial charge in [0.05, 0.1) is 27.2 Å². The van der Waals surface area contributed by atoms with Gasteiger partial charge in [-0.1, -0.05) is 30.3 Å². The molecular formula is C22H17N7O5. The maximum atomic E-state index is 11.7. The minimum absolute atomic E-state index is 0.164. The first-order valence-corrected chi connectivity index (χ1v) is 9.76. The molecule has 0 heterocycles. The van der Waals surface area contributed by atoms with Gasteiger partial charge >= 0.3 is 5.69 Å². The van der Waals surface area contributed by atoms with Gasteiger partial charge in [-0.25, -0.2) is 0 Å². The highest BCUT2D eigenvalue weighted by molar-refractivity contribution is 5.93. The van der Waals surface area contributed by atoms with Gasteiger partial charge in [-0.2, -0.15) is 5.26 Å². The van der Waals surface area contributed by atoms with Crippen LogP contribution in [0.1, 0.15) is 18.1 Å². The van der Waals surface area contributed by atoms with Crippen LogP contribution in [0.2, 0.25) is 0 Å². The van der Waals surface area contributed by atoms with Gasteiger partial charge in [0.1, 0.15) is 11.8 Å². The number of non-ortho nitro benzene ring substituents is 1. The van der Waals surface area contributed by atoms with Crippen molar-refractivity contribution in [1.82, 2.24) is 0 Å². The van der Waals surface area contributed by atoms with Crippen molar-refractivity contribution in [2.45, 2.75) is 13.5 Å². The van der Waals surface area contributed by atoms with Crippen molar-refractivity contribution in [2.24, 2.45) is 10.2 Å². The molecule has 0 atom stereocenters. The Kier molecular flexibility index (Phi) is 7.20. The molecule has 170 valence electrons. The number of rotatable bonds is 8. The standard InChI is InChI=1S/C22H17N7O5/c1-14(30)25-20-10-17(24-13-15-5-3-2-4-6-15)7-8-19(20)26-27-22-16(12-23)9-18(28(31)32)11-21(22)29(33)34/h2-11,24H,13H2,1H3,(H,25,30). The average molecular weight is 459 g/mol. The fourth-order valence-corrected chi connectivity index (χ4v) is 2.97. The van der Waals surface area contributed by atoms with E-state index in [1.54, 1.807) is 18.2 Å². The van der Waals surface area contributed by atoms with Crippen LogP contribution in [-0.2, 0) is 11.3 Å². The summed E-state index contributed by atoms with van der Waals surface area (Å²) in [5.74, 6) is -0.379. The Morgan fingerprint density at radius 3 is 2.38 bits per heavy atom. The predicted octanol–water partition coefficient (Wildman–Crippen LogP) is 5.36. The van der Waals surface area contributed by atoms with Crippen LogP contribution in [0.4, 0.5) is 34.1 Å². The number of nitriles is 1. The summed E-state index contributed by atoms with van der Waals surface area (Å²) in [6, 6.07) is 17.7. The quantitative estimate of drug-likeness (QED) is 0.259. The lowest BCUT2D eigenvalue weighted by atomic mass is 10.1. The number of hydrogen-bond acceptors (Lipinski definition) is 9. The molecule has 2 N–H and O–H groups in total. The third-order valence-electron chi connectivity index (χ3n) is 4.51. The largest absolute Gasteiger partial charge is 0.381 e. The van der Waals surface area contributed by atoms with E-state index in [0.717, 1.165) is 11.6 Å². The van der Waals surface area contributed by atoms with Gasteiger partial charge in [0.25, 0.3) is 5.69 Å². The summed E-state index contributed by atoms with van der Waals surface area (Å²) in [4.78, 5) is 32.4. The van der Waals surface area contributed by atoms with Crippen molar-refractivity contribution in [1.29, 1.82) is 5.26 Å². The summed E-state index contributed by atoms with van der Waals surface area (Å²) in [5.41, 5.74) is -0.0152. The number of nitro groups is 2. The Morgan fingerprint density at radius 2 is 1.76 bits per heavy atom. The van der Waals surface area contributed by atoms with Gasteiger partial charge in [0.2, 0.25) is 5.91 Å². The number of nitrogens with zero attached hydrogens (tertiary/aromatic N) is 5. The van der Waals surface area contributed by atoms with Crippen molar-refractivity contribution in [3.05, 3.63) is 92.0 Å². The van der Waals surface area contributed by atoms with E-state index >= 15 is 0 Å². The van der Waals surface area contributed by atoms with E-state index in [0.29, 0.717) is 18.3 Å². The highest BCUT2D eigenvalue weighted by Gasteiger charge is 2.24. The van der Waals surface area contributed by atoms with Crippen LogP contribution in [0.3, 0.4) is 0 Å². The van der Waals surface area contributed by atoms with Crippen molar-refractivity contribution in [3.8, 4) is 6.07 Å². The number of benzene rings is 3. The summed E-state index contributed by atoms with van der Waals surface area (Å²) >= 11 is 0. The van der Waals surface area contributed by atoms with Crippen LogP contribution >= 0.6 is 0 Å². The summed E-state index contributed by atoms with van der Waals surface area (Å²) in [6.45, 7) is 1.84. The molecule has 12 heteroatoms. The lowest BCUT2D eigenvalue weighted by Crippen LogP contribution is -2.07. The zero-order valence-corrected chi connectivity index (χ0v) is 17.8. The van der Waals surface area contributed by atoms with E-state index in [9.17, 15) is 30.3 Å². The van der Waals surface area contributed by atoms with Crippen molar-refractivity contribution in [3.63, 3.8) is 0 Å². The van der Waals surface area contributed by atoms with E-state index in [-0.39, 0.29) is 22.8 Å². The molecule has 0 radical (unpaired) electrons. The molecule has 3 aromatic carbocycles. The first kappa shape index (κ1) is 23.5. The van der Waals surface area contributed by atoms with Crippen molar-refractivity contribution >= 4 is 40.0 Å². The molecule has 0 aliphatic heterocycles. The molecule has 3 rings (SSSR count). The lowest BCUT2D eigenvalue weighted by Gasteiger charge is -2.11. The van der Waals surface area contributed by atoms with E-state index < -0.39 is 26.9 Å². The SMILES string of the molecule is CC(=O)Nc1cc(NCc2ccccc2)ccc1N=Nc1c(C#N)cc([N+](=O)[O-])cc1[N+](=O)[O-]. The molecule has 3 aromatic rings. The normalized spacial score (nSPS) is 10.5. The van der Waals surface area contributed by atoms with Gasteiger partial charge < -0.3 is 10.6 Å². The molecule has 0 aliphatic carbocycles. The maximum absolute atomic E-state index is 11.7. The molecule has 0 spiro atoms. The van der Waals surface area contributed by atoms with Gasteiger partial charge in [-0.15, -0.1) is 10.2 Å². The third kappa shape index (κ3) is 5.74.